The second-order valence-electron chi connectivity index (χ2n) is 6.90. The molecule has 0 aromatic carbocycles. The molecule has 1 fully saturated rings. The third kappa shape index (κ3) is 3.43. The van der Waals surface area contributed by atoms with Crippen molar-refractivity contribution in [2.45, 2.75) is 39.3 Å². The quantitative estimate of drug-likeness (QED) is 0.695. The molecule has 3 aromatic heterocycles. The molecule has 3 aromatic rings. The van der Waals surface area contributed by atoms with Gasteiger partial charge in [0.15, 0.2) is 0 Å². The second-order valence-corrected chi connectivity index (χ2v) is 6.90. The highest BCUT2D eigenvalue weighted by atomic mass is 16.1. The van der Waals surface area contributed by atoms with Gasteiger partial charge in [0.1, 0.15) is 16.9 Å². The van der Waals surface area contributed by atoms with Gasteiger partial charge in [-0.3, -0.25) is 9.36 Å². The molecule has 0 amide bonds. The van der Waals surface area contributed by atoms with E-state index in [0.717, 1.165) is 37.4 Å². The number of nitrogen functional groups attached to an aromatic ring is 1. The minimum atomic E-state index is -0.178. The number of aromatic nitrogens is 5. The van der Waals surface area contributed by atoms with Crippen molar-refractivity contribution in [3.63, 3.8) is 0 Å². The van der Waals surface area contributed by atoms with Gasteiger partial charge in [-0.25, -0.2) is 14.6 Å². The molecule has 0 saturated carbocycles. The molecule has 28 heavy (non-hydrogen) atoms. The average Bonchev–Trinajstić information content (AvgIpc) is 3.10. The zero-order valence-corrected chi connectivity index (χ0v) is 15.9. The van der Waals surface area contributed by atoms with Gasteiger partial charge in [-0.2, -0.15) is 5.10 Å². The summed E-state index contributed by atoms with van der Waals surface area (Å²) in [7, 11) is 0. The zero-order valence-electron chi connectivity index (χ0n) is 15.9. The number of fused-ring (bicyclic) bond motifs is 1. The third-order valence-corrected chi connectivity index (χ3v) is 4.96. The summed E-state index contributed by atoms with van der Waals surface area (Å²) in [6.45, 7) is 4.45. The summed E-state index contributed by atoms with van der Waals surface area (Å²) >= 11 is 0. The van der Waals surface area contributed by atoms with Crippen LogP contribution in [0.3, 0.4) is 0 Å². The first-order chi connectivity index (χ1) is 13.7. The van der Waals surface area contributed by atoms with Crippen LogP contribution in [0.2, 0.25) is 0 Å². The maximum Gasteiger partial charge on any atom is 0.293 e. The summed E-state index contributed by atoms with van der Waals surface area (Å²) in [5, 5.41) is 4.32. The summed E-state index contributed by atoms with van der Waals surface area (Å²) in [4.78, 5) is 24.3. The minimum Gasteiger partial charge on any atom is -0.384 e. The molecule has 0 spiro atoms. The fourth-order valence-electron chi connectivity index (χ4n) is 3.53. The van der Waals surface area contributed by atoms with E-state index in [0.29, 0.717) is 29.9 Å². The van der Waals surface area contributed by atoms with Crippen molar-refractivity contribution in [3.05, 3.63) is 40.4 Å². The molecule has 0 bridgehead atoms. The van der Waals surface area contributed by atoms with E-state index in [2.05, 4.69) is 26.8 Å². The maximum atomic E-state index is 13.2. The van der Waals surface area contributed by atoms with Crippen molar-refractivity contribution in [3.8, 4) is 11.8 Å². The number of hydrogen-bond acceptors (Lipinski definition) is 6. The first-order valence-electron chi connectivity index (χ1n) is 9.48. The van der Waals surface area contributed by atoms with Crippen LogP contribution in [0.15, 0.2) is 29.3 Å². The van der Waals surface area contributed by atoms with Gasteiger partial charge in [-0.1, -0.05) is 12.0 Å². The number of nitrogens with two attached hydrogens (primary N) is 1. The predicted molar refractivity (Wildman–Crippen MR) is 109 cm³/mol. The Bertz CT molecular complexity index is 1100. The van der Waals surface area contributed by atoms with Crippen molar-refractivity contribution in [1.82, 2.24) is 24.3 Å². The van der Waals surface area contributed by atoms with Crippen molar-refractivity contribution in [2.24, 2.45) is 0 Å². The normalized spacial score (nSPS) is 14.1. The molecular weight excluding hydrogens is 354 g/mol. The van der Waals surface area contributed by atoms with Gasteiger partial charge >= 0.3 is 0 Å². The SMILES string of the molecule is CC#CCn1c(N2CCCCC2)nc2cnn(Cc3ccc(N)nc3)c(=O)c21. The van der Waals surface area contributed by atoms with Gasteiger partial charge in [-0.05, 0) is 37.8 Å². The smallest absolute Gasteiger partial charge is 0.293 e. The summed E-state index contributed by atoms with van der Waals surface area (Å²) in [5.74, 6) is 7.25. The Balaban J connectivity index is 1.79. The van der Waals surface area contributed by atoms with E-state index < -0.39 is 0 Å². The molecule has 0 radical (unpaired) electrons. The summed E-state index contributed by atoms with van der Waals surface area (Å²) in [6.07, 6.45) is 6.82. The second kappa shape index (κ2) is 7.72. The Kier molecular flexibility index (Phi) is 4.98. The number of nitrogens with zero attached hydrogens (tertiary/aromatic N) is 6. The number of pyridine rings is 1. The Morgan fingerprint density at radius 2 is 2.00 bits per heavy atom. The predicted octanol–water partition coefficient (Wildman–Crippen LogP) is 1.63. The van der Waals surface area contributed by atoms with E-state index in [-0.39, 0.29) is 5.56 Å². The van der Waals surface area contributed by atoms with Crippen LogP contribution < -0.4 is 16.2 Å². The van der Waals surface area contributed by atoms with Crippen LogP contribution in [-0.4, -0.2) is 37.4 Å². The molecular formula is C20H23N7O. The van der Waals surface area contributed by atoms with Gasteiger partial charge in [0.2, 0.25) is 5.95 Å². The van der Waals surface area contributed by atoms with Crippen molar-refractivity contribution < 1.29 is 0 Å². The number of rotatable bonds is 4. The lowest BCUT2D eigenvalue weighted by atomic mass is 10.1. The van der Waals surface area contributed by atoms with Crippen molar-refractivity contribution in [1.29, 1.82) is 0 Å². The highest BCUT2D eigenvalue weighted by Gasteiger charge is 2.21. The van der Waals surface area contributed by atoms with Crippen molar-refractivity contribution >= 4 is 22.8 Å². The number of imidazole rings is 1. The molecule has 0 unspecified atom stereocenters. The molecule has 8 heteroatoms. The number of hydrogen-bond donors (Lipinski definition) is 1. The molecule has 1 aliphatic heterocycles. The average molecular weight is 377 g/mol. The fraction of sp³-hybridized carbons (Fsp3) is 0.400. The lowest BCUT2D eigenvalue weighted by Gasteiger charge is -2.27. The van der Waals surface area contributed by atoms with Gasteiger partial charge < -0.3 is 10.6 Å². The van der Waals surface area contributed by atoms with Gasteiger partial charge in [0.05, 0.1) is 19.3 Å². The lowest BCUT2D eigenvalue weighted by Crippen LogP contribution is -2.32. The molecule has 144 valence electrons. The van der Waals surface area contributed by atoms with Crippen LogP contribution in [0.4, 0.5) is 11.8 Å². The molecule has 4 rings (SSSR count). The minimum absolute atomic E-state index is 0.178. The van der Waals surface area contributed by atoms with Crippen LogP contribution >= 0.6 is 0 Å². The monoisotopic (exact) mass is 377 g/mol. The standard InChI is InChI=1S/C20H23N7O/c1-2-3-11-26-18-16(24-20(26)25-9-5-4-6-10-25)13-23-27(19(18)28)14-15-7-8-17(21)22-12-15/h7-8,12-13H,4-6,9-11,14H2,1H3,(H2,21,22). The van der Waals surface area contributed by atoms with E-state index in [1.165, 1.54) is 11.1 Å². The largest absolute Gasteiger partial charge is 0.384 e. The molecule has 1 saturated heterocycles. The maximum absolute atomic E-state index is 13.2. The highest BCUT2D eigenvalue weighted by molar-refractivity contribution is 5.77. The van der Waals surface area contributed by atoms with Gasteiger partial charge in [0.25, 0.3) is 5.56 Å². The van der Waals surface area contributed by atoms with Crippen LogP contribution in [0.25, 0.3) is 11.0 Å². The molecule has 4 heterocycles. The third-order valence-electron chi connectivity index (χ3n) is 4.96. The number of piperidine rings is 1. The summed E-state index contributed by atoms with van der Waals surface area (Å²) in [5.41, 5.74) is 7.47. The van der Waals surface area contributed by atoms with Crippen LogP contribution in [0.5, 0.6) is 0 Å². The Labute approximate surface area is 163 Å². The van der Waals surface area contributed by atoms with E-state index in [9.17, 15) is 4.79 Å². The Hall–Kier alpha value is -3.34. The van der Waals surface area contributed by atoms with E-state index >= 15 is 0 Å². The van der Waals surface area contributed by atoms with Crippen LogP contribution in [-0.2, 0) is 13.1 Å². The van der Waals surface area contributed by atoms with Crippen LogP contribution in [0, 0.1) is 11.8 Å². The van der Waals surface area contributed by atoms with Gasteiger partial charge in [-0.15, -0.1) is 5.92 Å². The van der Waals surface area contributed by atoms with Crippen molar-refractivity contribution in [2.75, 3.05) is 23.7 Å². The topological polar surface area (TPSA) is 94.9 Å². The Morgan fingerprint density at radius 3 is 2.71 bits per heavy atom. The molecule has 0 atom stereocenters. The van der Waals surface area contributed by atoms with Gasteiger partial charge in [0, 0.05) is 19.3 Å². The molecule has 2 N–H and O–H groups in total. The number of anilines is 2. The van der Waals surface area contributed by atoms with E-state index in [1.807, 2.05) is 10.6 Å². The Morgan fingerprint density at radius 1 is 1.18 bits per heavy atom. The molecule has 0 aliphatic carbocycles. The van der Waals surface area contributed by atoms with E-state index in [4.69, 9.17) is 10.7 Å². The summed E-state index contributed by atoms with van der Waals surface area (Å²) < 4.78 is 3.37. The lowest BCUT2D eigenvalue weighted by molar-refractivity contribution is 0.561. The highest BCUT2D eigenvalue weighted by Crippen LogP contribution is 2.23. The van der Waals surface area contributed by atoms with Crippen LogP contribution in [0.1, 0.15) is 31.7 Å². The fourth-order valence-corrected chi connectivity index (χ4v) is 3.53. The first kappa shape index (κ1) is 18.0. The summed E-state index contributed by atoms with van der Waals surface area (Å²) in [6, 6.07) is 3.56. The molecule has 8 nitrogen and oxygen atoms in total. The van der Waals surface area contributed by atoms with E-state index in [1.54, 1.807) is 25.4 Å². The first-order valence-corrected chi connectivity index (χ1v) is 9.48. The zero-order chi connectivity index (χ0) is 19.5. The molecule has 1 aliphatic rings.